The number of hydrogen-bond acceptors (Lipinski definition) is 4. The van der Waals surface area contributed by atoms with Gasteiger partial charge in [-0.15, -0.1) is 0 Å². The first-order chi connectivity index (χ1) is 12.3. The van der Waals surface area contributed by atoms with Gasteiger partial charge in [-0.1, -0.05) is 25.5 Å². The second-order valence-electron chi connectivity index (χ2n) is 7.20. The minimum Gasteiger partial charge on any atom is -0.273 e. The van der Waals surface area contributed by atoms with Gasteiger partial charge in [-0.05, 0) is 42.0 Å². The lowest BCUT2D eigenvalue weighted by Gasteiger charge is -2.23. The zero-order chi connectivity index (χ0) is 18.9. The Bertz CT molecular complexity index is 832. The number of fused-ring (bicyclic) bond motifs is 1. The van der Waals surface area contributed by atoms with Gasteiger partial charge in [0.2, 0.25) is 15.9 Å². The lowest BCUT2D eigenvalue weighted by molar-refractivity contribution is -0.130. The van der Waals surface area contributed by atoms with E-state index >= 15 is 0 Å². The summed E-state index contributed by atoms with van der Waals surface area (Å²) in [5, 5.41) is 5.79. The zero-order valence-corrected chi connectivity index (χ0v) is 16.6. The largest absolute Gasteiger partial charge is 0.273 e. The van der Waals surface area contributed by atoms with Crippen molar-refractivity contribution in [1.82, 2.24) is 9.31 Å². The van der Waals surface area contributed by atoms with Crippen LogP contribution < -0.4 is 0 Å². The number of amides is 1. The van der Waals surface area contributed by atoms with Gasteiger partial charge in [-0.25, -0.2) is 17.7 Å². The quantitative estimate of drug-likeness (QED) is 0.763. The molecule has 1 aromatic carbocycles. The molecule has 0 fully saturated rings. The van der Waals surface area contributed by atoms with E-state index in [0.717, 1.165) is 30.5 Å². The highest BCUT2D eigenvalue weighted by atomic mass is 32.2. The molecule has 142 valence electrons. The molecule has 1 atom stereocenters. The number of unbranched alkanes of at least 4 members (excludes halogenated alkanes) is 1. The first-order valence-electron chi connectivity index (χ1n) is 9.23. The fraction of sp³-hybridized carbons (Fsp3) is 0.579. The third-order valence-electron chi connectivity index (χ3n) is 5.37. The molecule has 0 aromatic heterocycles. The van der Waals surface area contributed by atoms with Crippen LogP contribution in [0.5, 0.6) is 0 Å². The molecule has 26 heavy (non-hydrogen) atoms. The first-order valence-corrected chi connectivity index (χ1v) is 10.8. The second kappa shape index (κ2) is 7.48. The van der Waals surface area contributed by atoms with Crippen molar-refractivity contribution in [3.8, 4) is 0 Å². The zero-order valence-electron chi connectivity index (χ0n) is 15.7. The number of benzene rings is 1. The molecule has 6 nitrogen and oxygen atoms in total. The number of hydrogen-bond donors (Lipinski definition) is 0. The lowest BCUT2D eigenvalue weighted by atomic mass is 10.00. The molecule has 1 unspecified atom stereocenters. The van der Waals surface area contributed by atoms with Crippen molar-refractivity contribution in [2.45, 2.75) is 51.5 Å². The average molecular weight is 378 g/mol. The molecule has 1 heterocycles. The number of carbonyl (C=O) groups is 1. The lowest BCUT2D eigenvalue weighted by Crippen LogP contribution is -2.38. The van der Waals surface area contributed by atoms with E-state index in [1.165, 1.54) is 16.1 Å². The van der Waals surface area contributed by atoms with E-state index < -0.39 is 10.0 Å². The Labute approximate surface area is 155 Å². The van der Waals surface area contributed by atoms with Crippen LogP contribution in [0, 0.1) is 0 Å². The summed E-state index contributed by atoms with van der Waals surface area (Å²) in [6.07, 6.45) is 4.18. The SMILES string of the molecule is CCCCS(=O)(=O)N(C)C1Cc2ccc(C3=NN(C)C(=O)CC3)cc2C1. The fourth-order valence-electron chi connectivity index (χ4n) is 3.61. The predicted octanol–water partition coefficient (Wildman–Crippen LogP) is 2.17. The van der Waals surface area contributed by atoms with E-state index in [1.54, 1.807) is 18.4 Å². The normalized spacial score (nSPS) is 20.5. The van der Waals surface area contributed by atoms with Crippen LogP contribution in [-0.2, 0) is 27.7 Å². The van der Waals surface area contributed by atoms with E-state index in [-0.39, 0.29) is 17.7 Å². The van der Waals surface area contributed by atoms with Gasteiger partial charge >= 0.3 is 0 Å². The summed E-state index contributed by atoms with van der Waals surface area (Å²) in [5.41, 5.74) is 4.34. The summed E-state index contributed by atoms with van der Waals surface area (Å²) in [6, 6.07) is 6.22. The minimum atomic E-state index is -3.20. The van der Waals surface area contributed by atoms with E-state index in [9.17, 15) is 13.2 Å². The average Bonchev–Trinajstić information content (AvgIpc) is 3.04. The van der Waals surface area contributed by atoms with Gasteiger partial charge in [0.1, 0.15) is 0 Å². The van der Waals surface area contributed by atoms with Crippen molar-refractivity contribution in [3.05, 3.63) is 34.9 Å². The number of rotatable bonds is 6. The number of nitrogens with zero attached hydrogens (tertiary/aromatic N) is 3. The molecule has 0 spiro atoms. The molecule has 7 heteroatoms. The Morgan fingerprint density at radius 2 is 1.96 bits per heavy atom. The van der Waals surface area contributed by atoms with Crippen molar-refractivity contribution in [3.63, 3.8) is 0 Å². The van der Waals surface area contributed by atoms with Crippen LogP contribution >= 0.6 is 0 Å². The monoisotopic (exact) mass is 377 g/mol. The molecular weight excluding hydrogens is 350 g/mol. The van der Waals surface area contributed by atoms with E-state index in [1.807, 2.05) is 13.0 Å². The molecule has 2 aliphatic rings. The number of likely N-dealkylation sites (N-methyl/N-ethyl adjacent to an activating group) is 1. The van der Waals surface area contributed by atoms with Gasteiger partial charge in [0.15, 0.2) is 0 Å². The van der Waals surface area contributed by atoms with Gasteiger partial charge in [0.25, 0.3) is 0 Å². The van der Waals surface area contributed by atoms with Crippen molar-refractivity contribution in [1.29, 1.82) is 0 Å². The second-order valence-corrected chi connectivity index (χ2v) is 9.34. The fourth-order valence-corrected chi connectivity index (χ4v) is 5.15. The highest BCUT2D eigenvalue weighted by Gasteiger charge is 2.31. The molecule has 0 N–H and O–H groups in total. The highest BCUT2D eigenvalue weighted by molar-refractivity contribution is 7.89. The summed E-state index contributed by atoms with van der Waals surface area (Å²) in [6.45, 7) is 2.00. The maximum Gasteiger partial charge on any atom is 0.242 e. The molecule has 3 rings (SSSR count). The van der Waals surface area contributed by atoms with Gasteiger partial charge in [0, 0.05) is 33.0 Å². The summed E-state index contributed by atoms with van der Waals surface area (Å²) in [7, 11) is 0.182. The van der Waals surface area contributed by atoms with Crippen LogP contribution in [0.25, 0.3) is 0 Å². The Morgan fingerprint density at radius 1 is 1.23 bits per heavy atom. The molecular formula is C19H27N3O3S. The molecule has 1 amide bonds. The van der Waals surface area contributed by atoms with Crippen LogP contribution in [0.1, 0.15) is 49.3 Å². The van der Waals surface area contributed by atoms with Gasteiger partial charge < -0.3 is 0 Å². The van der Waals surface area contributed by atoms with Gasteiger partial charge in [-0.3, -0.25) is 4.79 Å². The Balaban J connectivity index is 1.76. The summed E-state index contributed by atoms with van der Waals surface area (Å²) >= 11 is 0. The van der Waals surface area contributed by atoms with Gasteiger partial charge in [0.05, 0.1) is 11.5 Å². The van der Waals surface area contributed by atoms with Gasteiger partial charge in [-0.2, -0.15) is 5.10 Å². The summed E-state index contributed by atoms with van der Waals surface area (Å²) in [5.74, 6) is 0.254. The maximum absolute atomic E-state index is 12.5. The van der Waals surface area contributed by atoms with Crippen molar-refractivity contribution in [2.75, 3.05) is 19.8 Å². The maximum atomic E-state index is 12.5. The molecule has 0 saturated carbocycles. The third kappa shape index (κ3) is 3.83. The molecule has 1 aromatic rings. The molecule has 0 radical (unpaired) electrons. The van der Waals surface area contributed by atoms with E-state index in [4.69, 9.17) is 0 Å². The number of sulfonamides is 1. The van der Waals surface area contributed by atoms with Crippen LogP contribution in [0.4, 0.5) is 0 Å². The highest BCUT2D eigenvalue weighted by Crippen LogP contribution is 2.28. The van der Waals surface area contributed by atoms with Crippen LogP contribution in [0.15, 0.2) is 23.3 Å². The number of hydrazone groups is 1. The summed E-state index contributed by atoms with van der Waals surface area (Å²) in [4.78, 5) is 11.6. The smallest absolute Gasteiger partial charge is 0.242 e. The Kier molecular flexibility index (Phi) is 5.48. The van der Waals surface area contributed by atoms with E-state index in [2.05, 4.69) is 17.2 Å². The van der Waals surface area contributed by atoms with E-state index in [0.29, 0.717) is 19.3 Å². The van der Waals surface area contributed by atoms with Crippen LogP contribution in [0.3, 0.4) is 0 Å². The Hall–Kier alpha value is -1.73. The molecule has 0 saturated heterocycles. The summed E-state index contributed by atoms with van der Waals surface area (Å²) < 4.78 is 26.5. The topological polar surface area (TPSA) is 70.1 Å². The predicted molar refractivity (Wildman–Crippen MR) is 103 cm³/mol. The first kappa shape index (κ1) is 19.0. The number of carbonyl (C=O) groups excluding carboxylic acids is 1. The van der Waals surface area contributed by atoms with Crippen molar-refractivity contribution in [2.24, 2.45) is 5.10 Å². The molecule has 0 bridgehead atoms. The van der Waals surface area contributed by atoms with Crippen molar-refractivity contribution < 1.29 is 13.2 Å². The molecule has 1 aliphatic heterocycles. The van der Waals surface area contributed by atoms with Crippen molar-refractivity contribution >= 4 is 21.6 Å². The van der Waals surface area contributed by atoms with Crippen LogP contribution in [0.2, 0.25) is 0 Å². The van der Waals surface area contributed by atoms with Crippen LogP contribution in [-0.4, -0.2) is 55.2 Å². The standard InChI is InChI=1S/C19H27N3O3S/c1-4-5-10-26(24,25)22(3)17-12-14-6-7-15(11-16(14)13-17)18-8-9-19(23)21(2)20-18/h6-7,11,17H,4-5,8-10,12-13H2,1-3H3. The molecule has 1 aliphatic carbocycles. The Morgan fingerprint density at radius 3 is 2.65 bits per heavy atom. The third-order valence-corrected chi connectivity index (χ3v) is 7.35. The minimum absolute atomic E-state index is 0.0142.